The number of fused-ring (bicyclic) bond motifs is 1. The molecule has 0 radical (unpaired) electrons. The quantitative estimate of drug-likeness (QED) is 0.749. The van der Waals surface area contributed by atoms with E-state index in [2.05, 4.69) is 18.2 Å². The summed E-state index contributed by atoms with van der Waals surface area (Å²) in [7, 11) is 0. The Bertz CT molecular complexity index is 357. The zero-order chi connectivity index (χ0) is 11.0. The number of halogens is 1. The molecule has 0 amide bonds. The highest BCUT2D eigenvalue weighted by Gasteiger charge is 2.31. The van der Waals surface area contributed by atoms with Crippen molar-refractivity contribution in [1.82, 2.24) is 0 Å². The van der Waals surface area contributed by atoms with Crippen molar-refractivity contribution in [2.45, 2.75) is 24.3 Å². The van der Waals surface area contributed by atoms with E-state index < -0.39 is 0 Å². The van der Waals surface area contributed by atoms with Crippen molar-refractivity contribution in [2.75, 3.05) is 11.5 Å². The van der Waals surface area contributed by atoms with E-state index in [0.29, 0.717) is 17.4 Å². The van der Waals surface area contributed by atoms with Crippen molar-refractivity contribution in [3.63, 3.8) is 0 Å². The number of rotatable bonds is 2. The third-order valence-electron chi connectivity index (χ3n) is 3.40. The molecule has 2 heterocycles. The van der Waals surface area contributed by atoms with Gasteiger partial charge in [-0.3, -0.25) is 0 Å². The van der Waals surface area contributed by atoms with Crippen molar-refractivity contribution in [2.24, 2.45) is 5.92 Å². The van der Waals surface area contributed by atoms with Gasteiger partial charge in [-0.25, -0.2) is 0 Å². The summed E-state index contributed by atoms with van der Waals surface area (Å²) < 4.78 is 5.95. The molecule has 3 atom stereocenters. The summed E-state index contributed by atoms with van der Waals surface area (Å²) in [6, 6.07) is 8.35. The second-order valence-electron chi connectivity index (χ2n) is 4.60. The lowest BCUT2D eigenvalue weighted by Crippen LogP contribution is -2.23. The predicted molar refractivity (Wildman–Crippen MR) is 69.6 cm³/mol. The van der Waals surface area contributed by atoms with Gasteiger partial charge in [0.25, 0.3) is 0 Å². The molecular weight excluding hydrogens is 240 g/mol. The van der Waals surface area contributed by atoms with E-state index in [4.69, 9.17) is 16.3 Å². The molecule has 0 aromatic heterocycles. The third-order valence-corrected chi connectivity index (χ3v) is 5.35. The Hall–Kier alpha value is -0.340. The van der Waals surface area contributed by atoms with Crippen LogP contribution in [-0.2, 0) is 6.42 Å². The Labute approximate surface area is 106 Å². The normalized spacial score (nSPS) is 32.4. The summed E-state index contributed by atoms with van der Waals surface area (Å²) in [5.41, 5.74) is 1.35. The largest absolute Gasteiger partial charge is 0.490 e. The molecule has 0 aliphatic carbocycles. The van der Waals surface area contributed by atoms with Crippen LogP contribution < -0.4 is 4.74 Å². The summed E-state index contributed by atoms with van der Waals surface area (Å²) >= 11 is 8.26. The molecule has 0 bridgehead atoms. The second-order valence-corrected chi connectivity index (χ2v) is 6.24. The molecule has 1 saturated heterocycles. The van der Waals surface area contributed by atoms with E-state index in [-0.39, 0.29) is 0 Å². The number of hydrogen-bond donors (Lipinski definition) is 0. The van der Waals surface area contributed by atoms with Gasteiger partial charge in [-0.1, -0.05) is 18.2 Å². The molecule has 0 N–H and O–H groups in total. The monoisotopic (exact) mass is 254 g/mol. The number of benzene rings is 1. The molecular formula is C13H15ClOS. The molecule has 1 fully saturated rings. The number of ether oxygens (including phenoxy) is 1. The Morgan fingerprint density at radius 1 is 1.31 bits per heavy atom. The maximum atomic E-state index is 6.29. The maximum absolute atomic E-state index is 6.29. The number of hydrogen-bond acceptors (Lipinski definition) is 2. The molecule has 2 aliphatic rings. The van der Waals surface area contributed by atoms with Crippen molar-refractivity contribution < 1.29 is 4.74 Å². The van der Waals surface area contributed by atoms with Gasteiger partial charge in [-0.05, 0) is 29.7 Å². The molecule has 86 valence electrons. The minimum Gasteiger partial charge on any atom is -0.490 e. The Kier molecular flexibility index (Phi) is 3.03. The summed E-state index contributed by atoms with van der Waals surface area (Å²) in [5.74, 6) is 4.01. The fourth-order valence-corrected chi connectivity index (χ4v) is 4.38. The van der Waals surface area contributed by atoms with Crippen LogP contribution >= 0.6 is 23.4 Å². The second kappa shape index (κ2) is 4.50. The van der Waals surface area contributed by atoms with Gasteiger partial charge in [0.15, 0.2) is 0 Å². The molecule has 0 saturated carbocycles. The first-order chi connectivity index (χ1) is 7.83. The number of para-hydroxylation sites is 1. The van der Waals surface area contributed by atoms with Gasteiger partial charge in [0.1, 0.15) is 11.9 Å². The average molecular weight is 255 g/mol. The lowest BCUT2D eigenvalue weighted by Gasteiger charge is -2.17. The van der Waals surface area contributed by atoms with Crippen molar-refractivity contribution in [1.29, 1.82) is 0 Å². The van der Waals surface area contributed by atoms with E-state index in [1.54, 1.807) is 0 Å². The molecule has 1 nitrogen and oxygen atoms in total. The predicted octanol–water partition coefficient (Wildman–Crippen LogP) is 3.35. The summed E-state index contributed by atoms with van der Waals surface area (Å²) in [6.07, 6.45) is 2.51. The first-order valence-corrected chi connectivity index (χ1v) is 7.38. The van der Waals surface area contributed by atoms with Crippen molar-refractivity contribution in [3.8, 4) is 5.75 Å². The molecule has 3 heteroatoms. The van der Waals surface area contributed by atoms with Gasteiger partial charge in [-0.15, -0.1) is 11.6 Å². The van der Waals surface area contributed by atoms with Crippen LogP contribution in [0.4, 0.5) is 0 Å². The number of alkyl halides is 1. The van der Waals surface area contributed by atoms with Gasteiger partial charge >= 0.3 is 0 Å². The molecule has 3 rings (SSSR count). The van der Waals surface area contributed by atoms with Gasteiger partial charge in [0.2, 0.25) is 0 Å². The van der Waals surface area contributed by atoms with E-state index in [1.807, 2.05) is 17.8 Å². The molecule has 16 heavy (non-hydrogen) atoms. The minimum atomic E-state index is 0.345. The third kappa shape index (κ3) is 2.05. The van der Waals surface area contributed by atoms with Crippen LogP contribution in [-0.4, -0.2) is 23.0 Å². The topological polar surface area (TPSA) is 9.23 Å². The van der Waals surface area contributed by atoms with Crippen LogP contribution in [0.1, 0.15) is 12.0 Å². The molecule has 1 aromatic carbocycles. The fraction of sp³-hybridized carbons (Fsp3) is 0.538. The van der Waals surface area contributed by atoms with Crippen LogP contribution in [0.25, 0.3) is 0 Å². The van der Waals surface area contributed by atoms with Crippen LogP contribution in [0, 0.1) is 5.92 Å². The van der Waals surface area contributed by atoms with E-state index in [1.165, 1.54) is 11.3 Å². The molecule has 1 aromatic rings. The average Bonchev–Trinajstić information content (AvgIpc) is 2.85. The van der Waals surface area contributed by atoms with E-state index in [0.717, 1.165) is 24.3 Å². The molecule has 3 unspecified atom stereocenters. The SMILES string of the molecule is ClC1CSCC1CC1Cc2ccccc2O1. The summed E-state index contributed by atoms with van der Waals surface area (Å²) in [5, 5.41) is 0.345. The van der Waals surface area contributed by atoms with E-state index in [9.17, 15) is 0 Å². The van der Waals surface area contributed by atoms with Gasteiger partial charge in [0.05, 0.1) is 0 Å². The maximum Gasteiger partial charge on any atom is 0.123 e. The van der Waals surface area contributed by atoms with Gasteiger partial charge in [0, 0.05) is 17.6 Å². The van der Waals surface area contributed by atoms with Crippen LogP contribution in [0.15, 0.2) is 24.3 Å². The highest BCUT2D eigenvalue weighted by atomic mass is 35.5. The van der Waals surface area contributed by atoms with Gasteiger partial charge in [-0.2, -0.15) is 11.8 Å². The highest BCUT2D eigenvalue weighted by Crippen LogP contribution is 2.36. The highest BCUT2D eigenvalue weighted by molar-refractivity contribution is 7.99. The standard InChI is InChI=1S/C13H15ClOS/c14-12-8-16-7-10(12)6-11-5-9-3-1-2-4-13(9)15-11/h1-4,10-12H,5-8H2. The summed E-state index contributed by atoms with van der Waals surface area (Å²) in [6.45, 7) is 0. The summed E-state index contributed by atoms with van der Waals surface area (Å²) in [4.78, 5) is 0. The first-order valence-electron chi connectivity index (χ1n) is 5.79. The smallest absolute Gasteiger partial charge is 0.123 e. The number of thioether (sulfide) groups is 1. The first kappa shape index (κ1) is 10.8. The van der Waals surface area contributed by atoms with Crippen LogP contribution in [0.3, 0.4) is 0 Å². The molecule has 0 spiro atoms. The minimum absolute atomic E-state index is 0.345. The lowest BCUT2D eigenvalue weighted by molar-refractivity contribution is 0.200. The van der Waals surface area contributed by atoms with Crippen molar-refractivity contribution >= 4 is 23.4 Å². The Balaban J connectivity index is 1.63. The Morgan fingerprint density at radius 3 is 2.94 bits per heavy atom. The lowest BCUT2D eigenvalue weighted by atomic mass is 9.98. The zero-order valence-electron chi connectivity index (χ0n) is 9.06. The van der Waals surface area contributed by atoms with Crippen LogP contribution in [0.2, 0.25) is 0 Å². The van der Waals surface area contributed by atoms with Gasteiger partial charge < -0.3 is 4.74 Å². The van der Waals surface area contributed by atoms with Crippen molar-refractivity contribution in [3.05, 3.63) is 29.8 Å². The molecule has 2 aliphatic heterocycles. The zero-order valence-corrected chi connectivity index (χ0v) is 10.6. The fourth-order valence-electron chi connectivity index (χ4n) is 2.51. The Morgan fingerprint density at radius 2 is 2.19 bits per heavy atom. The van der Waals surface area contributed by atoms with Crippen LogP contribution in [0.5, 0.6) is 5.75 Å². The van der Waals surface area contributed by atoms with E-state index >= 15 is 0 Å².